The van der Waals surface area contributed by atoms with Crippen molar-refractivity contribution in [2.45, 2.75) is 45.8 Å². The number of nitrogens with zero attached hydrogens (tertiary/aromatic N) is 4. The summed E-state index contributed by atoms with van der Waals surface area (Å²) in [5, 5.41) is 15.2. The minimum atomic E-state index is -2.09. The number of amidine groups is 1. The van der Waals surface area contributed by atoms with E-state index in [0.717, 1.165) is 0 Å². The number of hydrogen-bond acceptors (Lipinski definition) is 9. The van der Waals surface area contributed by atoms with Gasteiger partial charge in [-0.1, -0.05) is 12.1 Å². The van der Waals surface area contributed by atoms with Crippen LogP contribution in [0.1, 0.15) is 49.4 Å². The Morgan fingerprint density at radius 1 is 1.30 bits per heavy atom. The van der Waals surface area contributed by atoms with Gasteiger partial charge in [0.1, 0.15) is 11.9 Å². The molecule has 0 spiro atoms. The maximum Gasteiger partial charge on any atom is 0.338 e. The number of carboxylic acid groups (broad SMARTS) is 1. The number of esters is 1. The number of aliphatic carboxylic acids is 1. The van der Waals surface area contributed by atoms with E-state index in [4.69, 9.17) is 9.73 Å². The molecule has 2 N–H and O–H groups in total. The van der Waals surface area contributed by atoms with Crippen LogP contribution >= 0.6 is 11.3 Å². The lowest BCUT2D eigenvalue weighted by Gasteiger charge is -2.38. The zero-order chi connectivity index (χ0) is 31.1. The number of piperidine rings is 1. The normalized spacial score (nSPS) is 24.5. The van der Waals surface area contributed by atoms with E-state index in [0.29, 0.717) is 27.7 Å². The lowest BCUT2D eigenvalue weighted by Crippen LogP contribution is -2.52. The van der Waals surface area contributed by atoms with Crippen molar-refractivity contribution in [3.8, 4) is 0 Å². The minimum absolute atomic E-state index is 0.0671. The average molecular weight is 616 g/mol. The Morgan fingerprint density at radius 3 is 2.74 bits per heavy atom. The Labute approximate surface area is 252 Å². The fourth-order valence-electron chi connectivity index (χ4n) is 5.98. The number of rotatable bonds is 9. The summed E-state index contributed by atoms with van der Waals surface area (Å²) < 4.78 is 36.3. The summed E-state index contributed by atoms with van der Waals surface area (Å²) in [5.74, 6) is -3.02. The summed E-state index contributed by atoms with van der Waals surface area (Å²) >= 11 is 1.36. The van der Waals surface area contributed by atoms with E-state index in [1.807, 2.05) is 4.90 Å². The number of likely N-dealkylation sites (tertiary alicyclic amines) is 2. The molecule has 1 amide bonds. The highest BCUT2D eigenvalue weighted by Gasteiger charge is 2.58. The fourth-order valence-corrected chi connectivity index (χ4v) is 6.57. The summed E-state index contributed by atoms with van der Waals surface area (Å²) in [6, 6.07) is 3.77. The second-order valence-electron chi connectivity index (χ2n) is 11.8. The third-order valence-corrected chi connectivity index (χ3v) is 9.19. The number of carbonyl (C=O) groups excluding carboxylic acids is 2. The van der Waals surface area contributed by atoms with E-state index >= 15 is 4.39 Å². The van der Waals surface area contributed by atoms with Crippen molar-refractivity contribution < 1.29 is 33.0 Å². The summed E-state index contributed by atoms with van der Waals surface area (Å²) in [4.78, 5) is 50.7. The highest BCUT2D eigenvalue weighted by atomic mass is 32.1. The van der Waals surface area contributed by atoms with Gasteiger partial charge >= 0.3 is 11.9 Å². The molecule has 2 aromatic rings. The van der Waals surface area contributed by atoms with Crippen LogP contribution in [0.2, 0.25) is 0 Å². The van der Waals surface area contributed by atoms with Crippen molar-refractivity contribution >= 4 is 35.0 Å². The monoisotopic (exact) mass is 615 g/mol. The number of aromatic nitrogens is 1. The fraction of sp³-hybridized carbons (Fsp3) is 0.500. The van der Waals surface area contributed by atoms with Gasteiger partial charge < -0.3 is 20.1 Å². The number of halogens is 2. The largest absolute Gasteiger partial charge is 0.481 e. The molecule has 10 nitrogen and oxygen atoms in total. The molecular formula is C30H35F2N5O5S. The van der Waals surface area contributed by atoms with Crippen molar-refractivity contribution in [3.05, 3.63) is 63.0 Å². The first-order chi connectivity index (χ1) is 20.4. The molecule has 0 saturated carbocycles. The van der Waals surface area contributed by atoms with Crippen molar-refractivity contribution in [2.24, 2.45) is 16.3 Å². The Hall–Kier alpha value is -3.71. The maximum atomic E-state index is 16.1. The van der Waals surface area contributed by atoms with Gasteiger partial charge in [-0.15, -0.1) is 11.3 Å². The first-order valence-electron chi connectivity index (χ1n) is 14.2. The number of hydrogen-bond donors (Lipinski definition) is 2. The third-order valence-electron chi connectivity index (χ3n) is 8.41. The number of ether oxygens (including phenoxy) is 1. The van der Waals surface area contributed by atoms with E-state index in [2.05, 4.69) is 10.3 Å². The van der Waals surface area contributed by atoms with Crippen LogP contribution in [0.5, 0.6) is 0 Å². The highest BCUT2D eigenvalue weighted by Crippen LogP contribution is 2.42. The third kappa shape index (κ3) is 5.79. The number of benzene rings is 1. The lowest BCUT2D eigenvalue weighted by molar-refractivity contribution is -0.150. The molecule has 0 aliphatic carbocycles. The zero-order valence-electron chi connectivity index (χ0n) is 24.5. The van der Waals surface area contributed by atoms with Gasteiger partial charge in [-0.05, 0) is 44.9 Å². The highest BCUT2D eigenvalue weighted by molar-refractivity contribution is 7.11. The molecule has 4 heterocycles. The lowest BCUT2D eigenvalue weighted by atomic mass is 9.84. The Morgan fingerprint density at radius 2 is 2.07 bits per heavy atom. The molecule has 5 rings (SSSR count). The van der Waals surface area contributed by atoms with Crippen LogP contribution in [0, 0.1) is 24.1 Å². The van der Waals surface area contributed by atoms with Crippen LogP contribution in [0.25, 0.3) is 0 Å². The first kappa shape index (κ1) is 30.7. The molecule has 2 fully saturated rings. The number of carbonyl (C=O) groups is 3. The van der Waals surface area contributed by atoms with E-state index in [1.165, 1.54) is 36.2 Å². The Kier molecular flexibility index (Phi) is 8.41. The molecule has 0 unspecified atom stereocenters. The van der Waals surface area contributed by atoms with E-state index in [-0.39, 0.29) is 51.3 Å². The number of thiazole rings is 1. The number of amides is 1. The van der Waals surface area contributed by atoms with Crippen LogP contribution < -0.4 is 5.32 Å². The second kappa shape index (κ2) is 11.8. The summed E-state index contributed by atoms with van der Waals surface area (Å²) in [6.07, 6.45) is 1.57. The number of nitrogens with one attached hydrogen (secondary N) is 1. The van der Waals surface area contributed by atoms with Gasteiger partial charge in [0.2, 0.25) is 0 Å². The Balaban J connectivity index is 1.48. The van der Waals surface area contributed by atoms with Gasteiger partial charge in [0.15, 0.2) is 16.5 Å². The van der Waals surface area contributed by atoms with Gasteiger partial charge in [-0.2, -0.15) is 0 Å². The molecule has 3 atom stereocenters. The SMILES string of the molecule is CCOC(=O)C1=C(CN2CC[C@]3(F)C(=O)N(CC(C)(C)C(=O)O)C[C@@H]3C2)NC(c2nccs2)=N[C@H]1c1cccc(F)c1C. The van der Waals surface area contributed by atoms with Crippen molar-refractivity contribution in [1.82, 2.24) is 20.1 Å². The van der Waals surface area contributed by atoms with Crippen molar-refractivity contribution in [2.75, 3.05) is 39.3 Å². The summed E-state index contributed by atoms with van der Waals surface area (Å²) in [7, 11) is 0. The van der Waals surface area contributed by atoms with Gasteiger partial charge in [-0.25, -0.2) is 18.6 Å². The van der Waals surface area contributed by atoms with E-state index in [1.54, 1.807) is 37.6 Å². The summed E-state index contributed by atoms with van der Waals surface area (Å²) in [5.41, 5.74) is -1.74. The quantitative estimate of drug-likeness (QED) is 0.411. The predicted octanol–water partition coefficient (Wildman–Crippen LogP) is 3.48. The topological polar surface area (TPSA) is 124 Å². The van der Waals surface area contributed by atoms with Crippen LogP contribution in [-0.4, -0.2) is 88.6 Å². The van der Waals surface area contributed by atoms with Crippen LogP contribution in [0.15, 0.2) is 46.0 Å². The standard InChI is InChI=1S/C30H35F2N5O5S/c1-5-42-26(38)22-21(34-24(25-33-10-12-43-25)35-23(22)19-7-6-8-20(31)17(19)2)15-36-11-9-30(32)18(13-36)14-37(27(30)39)16-29(3,4)28(40)41/h6-8,10,12,18,23H,5,9,11,13-16H2,1-4H3,(H,34,35)(H,40,41)/t18-,23-,30+/m0/s1. The van der Waals surface area contributed by atoms with Crippen LogP contribution in [-0.2, 0) is 19.1 Å². The summed E-state index contributed by atoms with van der Waals surface area (Å²) in [6.45, 7) is 7.09. The smallest absolute Gasteiger partial charge is 0.338 e. The number of aliphatic imine (C=N–C) groups is 1. The van der Waals surface area contributed by atoms with Gasteiger partial charge in [-0.3, -0.25) is 19.5 Å². The molecule has 13 heteroatoms. The van der Waals surface area contributed by atoms with Gasteiger partial charge in [0, 0.05) is 62.3 Å². The Bertz CT molecular complexity index is 1490. The number of carboxylic acids is 1. The number of alkyl halides is 1. The van der Waals surface area contributed by atoms with Crippen molar-refractivity contribution in [3.63, 3.8) is 0 Å². The minimum Gasteiger partial charge on any atom is -0.481 e. The molecule has 43 heavy (non-hydrogen) atoms. The van der Waals surface area contributed by atoms with Crippen molar-refractivity contribution in [1.29, 1.82) is 0 Å². The van der Waals surface area contributed by atoms with Gasteiger partial charge in [0.05, 0.1) is 17.6 Å². The molecule has 230 valence electrons. The molecule has 1 aromatic heterocycles. The molecule has 1 aromatic carbocycles. The van der Waals surface area contributed by atoms with Gasteiger partial charge in [0.25, 0.3) is 5.91 Å². The zero-order valence-corrected chi connectivity index (χ0v) is 25.3. The van der Waals surface area contributed by atoms with Crippen LogP contribution in [0.4, 0.5) is 8.78 Å². The average Bonchev–Trinajstić information content (AvgIpc) is 3.57. The molecule has 2 saturated heterocycles. The maximum absolute atomic E-state index is 16.1. The van der Waals surface area contributed by atoms with E-state index in [9.17, 15) is 23.9 Å². The molecule has 3 aliphatic rings. The van der Waals surface area contributed by atoms with Crippen LogP contribution in [0.3, 0.4) is 0 Å². The predicted molar refractivity (Wildman–Crippen MR) is 156 cm³/mol. The molecule has 3 aliphatic heterocycles. The first-order valence-corrected chi connectivity index (χ1v) is 15.1. The second-order valence-corrected chi connectivity index (χ2v) is 12.7. The number of fused-ring (bicyclic) bond motifs is 1. The molecule has 0 radical (unpaired) electrons. The molecule has 0 bridgehead atoms. The molecular weight excluding hydrogens is 580 g/mol. The van der Waals surface area contributed by atoms with E-state index < -0.39 is 46.7 Å².